The van der Waals surface area contributed by atoms with Crippen molar-refractivity contribution in [1.82, 2.24) is 0 Å². The maximum Gasteiger partial charge on any atom is 0.267 e. The van der Waals surface area contributed by atoms with Gasteiger partial charge >= 0.3 is 0 Å². The van der Waals surface area contributed by atoms with Gasteiger partial charge in [0.2, 0.25) is 0 Å². The Morgan fingerprint density at radius 3 is 2.59 bits per heavy atom. The van der Waals surface area contributed by atoms with Crippen LogP contribution in [0.1, 0.15) is 30.9 Å². The fourth-order valence-electron chi connectivity index (χ4n) is 2.74. The molecular weight excluding hydrogens is 214 g/mol. The average Bonchev–Trinajstić information content (AvgIpc) is 2.34. The van der Waals surface area contributed by atoms with Gasteiger partial charge in [-0.2, -0.15) is 0 Å². The lowest BCUT2D eigenvalue weighted by molar-refractivity contribution is -0.125. The minimum absolute atomic E-state index is 0.0354. The van der Waals surface area contributed by atoms with Gasteiger partial charge in [-0.1, -0.05) is 0 Å². The first-order valence-electron chi connectivity index (χ1n) is 6.27. The number of hydrogen-bond acceptors (Lipinski definition) is 2. The fraction of sp³-hybridized carbons (Fsp3) is 0.500. The molecule has 0 bridgehead atoms. The predicted octanol–water partition coefficient (Wildman–Crippen LogP) is 2.31. The van der Waals surface area contributed by atoms with Crippen LogP contribution >= 0.6 is 0 Å². The van der Waals surface area contributed by atoms with Gasteiger partial charge in [0, 0.05) is 7.05 Å². The number of carbonyl (C=O) groups excluding carboxylic acids is 1. The Bertz CT molecular complexity index is 481. The number of ether oxygens (including phenoxy) is 1. The molecule has 1 atom stereocenters. The zero-order chi connectivity index (χ0) is 12.0. The fourth-order valence-corrected chi connectivity index (χ4v) is 2.74. The maximum absolute atomic E-state index is 11.9. The minimum Gasteiger partial charge on any atom is -0.479 e. The van der Waals surface area contributed by atoms with Crippen LogP contribution in [0.15, 0.2) is 12.1 Å². The molecule has 0 saturated heterocycles. The van der Waals surface area contributed by atoms with Gasteiger partial charge in [-0.25, -0.2) is 0 Å². The monoisotopic (exact) mass is 231 g/mol. The molecule has 1 aliphatic carbocycles. The first kappa shape index (κ1) is 10.6. The zero-order valence-corrected chi connectivity index (χ0v) is 10.3. The maximum atomic E-state index is 11.9. The van der Waals surface area contributed by atoms with E-state index in [0.29, 0.717) is 0 Å². The van der Waals surface area contributed by atoms with E-state index in [-0.39, 0.29) is 12.0 Å². The molecule has 3 heteroatoms. The Morgan fingerprint density at radius 2 is 1.88 bits per heavy atom. The molecule has 3 rings (SSSR count). The zero-order valence-electron chi connectivity index (χ0n) is 10.3. The summed E-state index contributed by atoms with van der Waals surface area (Å²) in [5, 5.41) is 0. The first-order chi connectivity index (χ1) is 8.16. The largest absolute Gasteiger partial charge is 0.479 e. The van der Waals surface area contributed by atoms with Crippen LogP contribution in [0.3, 0.4) is 0 Å². The van der Waals surface area contributed by atoms with Crippen LogP contribution in [-0.4, -0.2) is 19.1 Å². The molecule has 0 fully saturated rings. The highest BCUT2D eigenvalue weighted by atomic mass is 16.5. The summed E-state index contributed by atoms with van der Waals surface area (Å²) in [6.07, 6.45) is 4.41. The van der Waals surface area contributed by atoms with Crippen LogP contribution in [0.4, 0.5) is 5.69 Å². The summed E-state index contributed by atoms with van der Waals surface area (Å²) in [7, 11) is 1.83. The van der Waals surface area contributed by atoms with Crippen LogP contribution in [0.5, 0.6) is 5.75 Å². The second-order valence-corrected chi connectivity index (χ2v) is 4.95. The van der Waals surface area contributed by atoms with E-state index in [4.69, 9.17) is 4.74 Å². The molecule has 2 aliphatic rings. The number of hydrogen-bond donors (Lipinski definition) is 0. The van der Waals surface area contributed by atoms with E-state index in [1.54, 1.807) is 11.8 Å². The van der Waals surface area contributed by atoms with Crippen molar-refractivity contribution in [2.24, 2.45) is 0 Å². The third-order valence-electron chi connectivity index (χ3n) is 3.77. The highest BCUT2D eigenvalue weighted by molar-refractivity contribution is 5.99. The van der Waals surface area contributed by atoms with E-state index in [2.05, 4.69) is 12.1 Å². The van der Waals surface area contributed by atoms with Gasteiger partial charge < -0.3 is 9.64 Å². The molecule has 0 N–H and O–H groups in total. The molecule has 1 aromatic carbocycles. The SMILES string of the molecule is CC1Oc2cc3c(cc2N(C)C1=O)CCCC3. The van der Waals surface area contributed by atoms with E-state index in [1.807, 2.05) is 7.05 Å². The van der Waals surface area contributed by atoms with E-state index < -0.39 is 0 Å². The second kappa shape index (κ2) is 3.76. The predicted molar refractivity (Wildman–Crippen MR) is 66.6 cm³/mol. The van der Waals surface area contributed by atoms with Gasteiger partial charge in [-0.15, -0.1) is 0 Å². The molecule has 1 unspecified atom stereocenters. The van der Waals surface area contributed by atoms with Crippen molar-refractivity contribution < 1.29 is 9.53 Å². The molecule has 3 nitrogen and oxygen atoms in total. The molecule has 17 heavy (non-hydrogen) atoms. The van der Waals surface area contributed by atoms with Gasteiger partial charge in [0.15, 0.2) is 6.10 Å². The first-order valence-corrected chi connectivity index (χ1v) is 6.27. The van der Waals surface area contributed by atoms with Gasteiger partial charge in [-0.3, -0.25) is 4.79 Å². The summed E-state index contributed by atoms with van der Waals surface area (Å²) in [6, 6.07) is 4.26. The lowest BCUT2D eigenvalue weighted by Gasteiger charge is -2.32. The molecule has 1 aromatic rings. The normalized spacial score (nSPS) is 22.8. The smallest absolute Gasteiger partial charge is 0.267 e. The van der Waals surface area contributed by atoms with Crippen LogP contribution < -0.4 is 9.64 Å². The number of aryl methyl sites for hydroxylation is 2. The molecule has 0 radical (unpaired) electrons. The number of benzene rings is 1. The van der Waals surface area contributed by atoms with Crippen molar-refractivity contribution in [1.29, 1.82) is 0 Å². The molecular formula is C14H17NO2. The Kier molecular flexibility index (Phi) is 2.35. The Labute approximate surface area is 101 Å². The highest BCUT2D eigenvalue weighted by Crippen LogP contribution is 2.37. The minimum atomic E-state index is -0.367. The molecule has 0 spiro atoms. The summed E-state index contributed by atoms with van der Waals surface area (Å²) in [4.78, 5) is 13.6. The van der Waals surface area contributed by atoms with Crippen molar-refractivity contribution in [2.75, 3.05) is 11.9 Å². The lowest BCUT2D eigenvalue weighted by Crippen LogP contribution is -2.42. The Balaban J connectivity index is 2.10. The number of anilines is 1. The standard InChI is InChI=1S/C14H17NO2/c1-9-14(16)15(2)12-7-10-5-3-4-6-11(10)8-13(12)17-9/h7-9H,3-6H2,1-2H3. The molecule has 1 heterocycles. The molecule has 1 aliphatic heterocycles. The van der Waals surface area contributed by atoms with Crippen molar-refractivity contribution in [2.45, 2.75) is 38.7 Å². The van der Waals surface area contributed by atoms with E-state index in [1.165, 1.54) is 24.0 Å². The van der Waals surface area contributed by atoms with Gasteiger partial charge in [-0.05, 0) is 55.9 Å². The van der Waals surface area contributed by atoms with Crippen molar-refractivity contribution in [3.8, 4) is 5.75 Å². The van der Waals surface area contributed by atoms with Gasteiger partial charge in [0.25, 0.3) is 5.91 Å². The quantitative estimate of drug-likeness (QED) is 0.685. The number of fused-ring (bicyclic) bond motifs is 2. The average molecular weight is 231 g/mol. The Morgan fingerprint density at radius 1 is 1.24 bits per heavy atom. The van der Waals surface area contributed by atoms with Crippen LogP contribution in [0.2, 0.25) is 0 Å². The number of nitrogens with zero attached hydrogens (tertiary/aromatic N) is 1. The van der Waals surface area contributed by atoms with Crippen LogP contribution in [-0.2, 0) is 17.6 Å². The second-order valence-electron chi connectivity index (χ2n) is 4.95. The molecule has 90 valence electrons. The number of amides is 1. The summed E-state index contributed by atoms with van der Waals surface area (Å²) in [5.74, 6) is 0.897. The van der Waals surface area contributed by atoms with E-state index >= 15 is 0 Å². The summed E-state index contributed by atoms with van der Waals surface area (Å²) in [6.45, 7) is 1.81. The van der Waals surface area contributed by atoms with Crippen molar-refractivity contribution in [3.05, 3.63) is 23.3 Å². The van der Waals surface area contributed by atoms with Gasteiger partial charge in [0.1, 0.15) is 5.75 Å². The van der Waals surface area contributed by atoms with Crippen molar-refractivity contribution >= 4 is 11.6 Å². The number of rotatable bonds is 0. The van der Waals surface area contributed by atoms with Gasteiger partial charge in [0.05, 0.1) is 5.69 Å². The number of likely N-dealkylation sites (N-methyl/N-ethyl adjacent to an activating group) is 1. The Hall–Kier alpha value is -1.51. The molecule has 1 amide bonds. The third-order valence-corrected chi connectivity index (χ3v) is 3.77. The van der Waals surface area contributed by atoms with E-state index in [0.717, 1.165) is 24.3 Å². The lowest BCUT2D eigenvalue weighted by atomic mass is 9.90. The summed E-state index contributed by atoms with van der Waals surface area (Å²) in [5.41, 5.74) is 3.70. The van der Waals surface area contributed by atoms with Crippen LogP contribution in [0, 0.1) is 0 Å². The molecule has 0 aromatic heterocycles. The topological polar surface area (TPSA) is 29.5 Å². The van der Waals surface area contributed by atoms with Crippen molar-refractivity contribution in [3.63, 3.8) is 0 Å². The summed E-state index contributed by atoms with van der Waals surface area (Å²) >= 11 is 0. The number of carbonyl (C=O) groups is 1. The summed E-state index contributed by atoms with van der Waals surface area (Å²) < 4.78 is 5.69. The third kappa shape index (κ3) is 1.61. The highest BCUT2D eigenvalue weighted by Gasteiger charge is 2.30. The molecule has 0 saturated carbocycles. The van der Waals surface area contributed by atoms with E-state index in [9.17, 15) is 4.79 Å². The van der Waals surface area contributed by atoms with Crippen LogP contribution in [0.25, 0.3) is 0 Å².